The van der Waals surface area contributed by atoms with E-state index in [1.54, 1.807) is 7.11 Å². The molecule has 3 heteroatoms. The highest BCUT2D eigenvalue weighted by molar-refractivity contribution is 5.94. The molecule has 0 fully saturated rings. The molecule has 0 saturated heterocycles. The Hall–Kier alpha value is -2.26. The Labute approximate surface area is 156 Å². The van der Waals surface area contributed by atoms with Crippen molar-refractivity contribution in [3.05, 3.63) is 53.1 Å². The van der Waals surface area contributed by atoms with Crippen molar-refractivity contribution in [2.24, 2.45) is 5.73 Å². The van der Waals surface area contributed by atoms with Crippen molar-refractivity contribution in [2.75, 3.05) is 13.7 Å². The van der Waals surface area contributed by atoms with E-state index in [0.29, 0.717) is 5.92 Å². The van der Waals surface area contributed by atoms with Crippen molar-refractivity contribution in [2.45, 2.75) is 46.0 Å². The molecule has 0 spiro atoms. The number of fused-ring (bicyclic) bond motifs is 1. The number of unbranched alkanes of at least 4 members (excludes halogenated alkanes) is 1. The molecule has 3 N–H and O–H groups in total. The van der Waals surface area contributed by atoms with Crippen molar-refractivity contribution in [3.63, 3.8) is 0 Å². The van der Waals surface area contributed by atoms with Crippen LogP contribution in [0.15, 0.2) is 36.4 Å². The molecular weight excluding hydrogens is 320 g/mol. The molecule has 0 atom stereocenters. The number of nitrogens with two attached hydrogens (primary N) is 1. The lowest BCUT2D eigenvalue weighted by atomic mass is 9.96. The number of hydrogen-bond acceptors (Lipinski definition) is 2. The van der Waals surface area contributed by atoms with Gasteiger partial charge in [0.15, 0.2) is 0 Å². The van der Waals surface area contributed by atoms with Gasteiger partial charge in [-0.25, -0.2) is 0 Å². The lowest BCUT2D eigenvalue weighted by Gasteiger charge is -2.12. The lowest BCUT2D eigenvalue weighted by molar-refractivity contribution is 0.413. The van der Waals surface area contributed by atoms with Gasteiger partial charge in [0.1, 0.15) is 5.75 Å². The predicted molar refractivity (Wildman–Crippen MR) is 111 cm³/mol. The fourth-order valence-electron chi connectivity index (χ4n) is 3.83. The van der Waals surface area contributed by atoms with Crippen LogP contribution in [0.2, 0.25) is 0 Å². The number of benzene rings is 2. The van der Waals surface area contributed by atoms with Crippen LogP contribution in [0.4, 0.5) is 0 Å². The highest BCUT2D eigenvalue weighted by Crippen LogP contribution is 2.39. The van der Waals surface area contributed by atoms with Crippen LogP contribution in [0.1, 0.15) is 49.3 Å². The number of aryl methyl sites for hydroxylation is 2. The van der Waals surface area contributed by atoms with Crippen LogP contribution < -0.4 is 10.5 Å². The van der Waals surface area contributed by atoms with Gasteiger partial charge in [0.2, 0.25) is 0 Å². The summed E-state index contributed by atoms with van der Waals surface area (Å²) in [6.07, 6.45) is 3.16. The molecule has 0 radical (unpaired) electrons. The van der Waals surface area contributed by atoms with E-state index in [9.17, 15) is 0 Å². The normalized spacial score (nSPS) is 11.5. The Morgan fingerprint density at radius 1 is 1.08 bits per heavy atom. The third-order valence-electron chi connectivity index (χ3n) is 5.16. The van der Waals surface area contributed by atoms with Crippen LogP contribution >= 0.6 is 0 Å². The molecule has 2 aromatic carbocycles. The second-order valence-corrected chi connectivity index (χ2v) is 7.30. The van der Waals surface area contributed by atoms with Gasteiger partial charge < -0.3 is 15.5 Å². The molecule has 1 aromatic heterocycles. The van der Waals surface area contributed by atoms with Gasteiger partial charge >= 0.3 is 0 Å². The zero-order chi connectivity index (χ0) is 18.7. The molecule has 3 aromatic rings. The average molecular weight is 351 g/mol. The van der Waals surface area contributed by atoms with Crippen LogP contribution in [0.25, 0.3) is 22.2 Å². The molecule has 0 saturated carbocycles. The van der Waals surface area contributed by atoms with E-state index < -0.39 is 0 Å². The van der Waals surface area contributed by atoms with Gasteiger partial charge in [-0.15, -0.1) is 0 Å². The number of para-hydroxylation sites is 2. The minimum atomic E-state index is 0.474. The minimum absolute atomic E-state index is 0.474. The number of aromatic amines is 1. The summed E-state index contributed by atoms with van der Waals surface area (Å²) < 4.78 is 5.74. The molecule has 26 heavy (non-hydrogen) atoms. The third-order valence-corrected chi connectivity index (χ3v) is 5.16. The molecular formula is C23H30N2O. The zero-order valence-electron chi connectivity index (χ0n) is 16.4. The third kappa shape index (κ3) is 3.36. The van der Waals surface area contributed by atoms with Crippen molar-refractivity contribution in [1.82, 2.24) is 4.98 Å². The smallest absolute Gasteiger partial charge is 0.131 e. The topological polar surface area (TPSA) is 51.0 Å². The van der Waals surface area contributed by atoms with E-state index in [1.165, 1.54) is 27.7 Å². The summed E-state index contributed by atoms with van der Waals surface area (Å²) in [6.45, 7) is 7.33. The van der Waals surface area contributed by atoms with Gasteiger partial charge in [-0.1, -0.05) is 44.2 Å². The number of ether oxygens (including phenoxy) is 1. The first-order valence-corrected chi connectivity index (χ1v) is 9.56. The Morgan fingerprint density at radius 2 is 1.85 bits per heavy atom. The zero-order valence-corrected chi connectivity index (χ0v) is 16.4. The Balaban J connectivity index is 2.25. The van der Waals surface area contributed by atoms with Gasteiger partial charge in [0.25, 0.3) is 0 Å². The molecule has 3 rings (SSSR count). The van der Waals surface area contributed by atoms with E-state index >= 15 is 0 Å². The van der Waals surface area contributed by atoms with Gasteiger partial charge in [-0.05, 0) is 61.4 Å². The van der Waals surface area contributed by atoms with Crippen LogP contribution in [0.5, 0.6) is 5.75 Å². The number of aromatic nitrogens is 1. The molecule has 0 aliphatic rings. The number of nitrogens with one attached hydrogen (secondary N) is 1. The number of hydrogen-bond donors (Lipinski definition) is 2. The molecule has 0 bridgehead atoms. The number of H-pyrrole nitrogens is 1. The van der Waals surface area contributed by atoms with Crippen molar-refractivity contribution < 1.29 is 4.74 Å². The van der Waals surface area contributed by atoms with Crippen LogP contribution in [0.3, 0.4) is 0 Å². The van der Waals surface area contributed by atoms with E-state index in [1.807, 2.05) is 0 Å². The van der Waals surface area contributed by atoms with E-state index in [2.05, 4.69) is 62.2 Å². The maximum Gasteiger partial charge on any atom is 0.131 e. The summed E-state index contributed by atoms with van der Waals surface area (Å²) in [6, 6.07) is 13.0. The van der Waals surface area contributed by atoms with E-state index in [0.717, 1.165) is 42.7 Å². The quantitative estimate of drug-likeness (QED) is 0.548. The summed E-state index contributed by atoms with van der Waals surface area (Å²) in [5.74, 6) is 1.42. The first-order valence-electron chi connectivity index (χ1n) is 9.56. The van der Waals surface area contributed by atoms with Crippen LogP contribution in [0, 0.1) is 6.92 Å². The fourth-order valence-corrected chi connectivity index (χ4v) is 3.83. The summed E-state index contributed by atoms with van der Waals surface area (Å²) in [4.78, 5) is 3.75. The molecule has 0 aliphatic heterocycles. The maximum atomic E-state index is 5.74. The Kier molecular flexibility index (Phi) is 5.67. The molecule has 1 heterocycles. The average Bonchev–Trinajstić information content (AvgIpc) is 3.00. The van der Waals surface area contributed by atoms with Crippen molar-refractivity contribution >= 4 is 10.9 Å². The lowest BCUT2D eigenvalue weighted by Crippen LogP contribution is -1.99. The summed E-state index contributed by atoms with van der Waals surface area (Å²) in [7, 11) is 1.75. The molecule has 0 aliphatic carbocycles. The Morgan fingerprint density at radius 3 is 2.54 bits per heavy atom. The highest BCUT2D eigenvalue weighted by Gasteiger charge is 2.19. The van der Waals surface area contributed by atoms with Gasteiger partial charge in [0.05, 0.1) is 12.8 Å². The minimum Gasteiger partial charge on any atom is -0.496 e. The number of methoxy groups -OCH3 is 1. The Bertz CT molecular complexity index is 893. The first-order chi connectivity index (χ1) is 12.6. The fraction of sp³-hybridized carbons (Fsp3) is 0.391. The van der Waals surface area contributed by atoms with Crippen LogP contribution in [-0.4, -0.2) is 18.6 Å². The van der Waals surface area contributed by atoms with Crippen molar-refractivity contribution in [1.29, 1.82) is 0 Å². The molecule has 138 valence electrons. The molecule has 0 amide bonds. The van der Waals surface area contributed by atoms with E-state index in [-0.39, 0.29) is 0 Å². The first kappa shape index (κ1) is 18.5. The largest absolute Gasteiger partial charge is 0.496 e. The maximum absolute atomic E-state index is 5.74. The SMILES string of the molecule is COc1c(C)cccc1-c1[nH]c2c(C(C)C)cccc2c1CCCCN. The van der Waals surface area contributed by atoms with Gasteiger partial charge in [-0.3, -0.25) is 0 Å². The standard InChI is InChI=1S/C23H30N2O/c1-15(2)17-11-8-12-19-18(10-5-6-14-24)22(25-21(17)19)20-13-7-9-16(3)23(20)26-4/h7-9,11-13,15,25H,5-6,10,14,24H2,1-4H3. The van der Waals surface area contributed by atoms with Crippen LogP contribution in [-0.2, 0) is 6.42 Å². The predicted octanol–water partition coefficient (Wildman–Crippen LogP) is 5.56. The second-order valence-electron chi connectivity index (χ2n) is 7.30. The highest BCUT2D eigenvalue weighted by atomic mass is 16.5. The summed E-state index contributed by atoms with van der Waals surface area (Å²) >= 11 is 0. The van der Waals surface area contributed by atoms with Gasteiger partial charge in [0, 0.05) is 16.5 Å². The summed E-state index contributed by atoms with van der Waals surface area (Å²) in [5, 5.41) is 1.33. The molecule has 3 nitrogen and oxygen atoms in total. The van der Waals surface area contributed by atoms with Gasteiger partial charge in [-0.2, -0.15) is 0 Å². The monoisotopic (exact) mass is 350 g/mol. The number of rotatable bonds is 7. The second kappa shape index (κ2) is 7.96. The van der Waals surface area contributed by atoms with Crippen molar-refractivity contribution in [3.8, 4) is 17.0 Å². The van der Waals surface area contributed by atoms with E-state index in [4.69, 9.17) is 10.5 Å². The molecule has 0 unspecified atom stereocenters. The summed E-state index contributed by atoms with van der Waals surface area (Å²) in [5.41, 5.74) is 13.2.